The van der Waals surface area contributed by atoms with Gasteiger partial charge in [-0.05, 0) is 136 Å². The van der Waals surface area contributed by atoms with Crippen molar-refractivity contribution in [3.05, 3.63) is 32.5 Å². The van der Waals surface area contributed by atoms with E-state index in [-0.39, 0.29) is 35.6 Å². The number of nitrogens with two attached hydrogens (primary N) is 2. The van der Waals surface area contributed by atoms with Gasteiger partial charge in [0, 0.05) is 51.6 Å². The number of aliphatic hydroxyl groups excluding tert-OH is 8. The van der Waals surface area contributed by atoms with Crippen molar-refractivity contribution in [1.82, 2.24) is 9.80 Å². The SMILES string of the molecule is Nc1c(I)c(C(=O)N(CCO)CC(O)C(O)CO)c(I)c(-c2c(I)c(N)c(I)c(C(=O)N(CCO)CC(O)C(O)CO)c2I)c1I. The molecule has 14 nitrogen and oxygen atoms in total. The number of anilines is 2. The van der Waals surface area contributed by atoms with Gasteiger partial charge in [0.05, 0.1) is 68.3 Å². The number of halogens is 6. The third-order valence-corrected chi connectivity index (χ3v) is 13.4. The van der Waals surface area contributed by atoms with Crippen LogP contribution in [-0.4, -0.2) is 139 Å². The van der Waals surface area contributed by atoms with Crippen molar-refractivity contribution in [3.63, 3.8) is 0 Å². The quantitative estimate of drug-likeness (QED) is 0.0863. The molecule has 0 saturated heterocycles. The Morgan fingerprint density at radius 1 is 0.543 bits per heavy atom. The second-order valence-electron chi connectivity index (χ2n) is 9.80. The summed E-state index contributed by atoms with van der Waals surface area (Å²) >= 11 is 11.9. The summed E-state index contributed by atoms with van der Waals surface area (Å²) in [5.41, 5.74) is 14.9. The molecular formula is C26H32I6N4O10. The second kappa shape index (κ2) is 19.6. The Kier molecular flexibility index (Phi) is 18.4. The monoisotopic (exact) mass is 1320 g/mol. The zero-order chi connectivity index (χ0) is 35.2. The molecule has 2 rings (SSSR count). The van der Waals surface area contributed by atoms with Gasteiger partial charge in [0.2, 0.25) is 0 Å². The van der Waals surface area contributed by atoms with Crippen LogP contribution < -0.4 is 11.5 Å². The average Bonchev–Trinajstić information content (AvgIpc) is 3.02. The fourth-order valence-electron chi connectivity index (χ4n) is 4.23. The number of hydrogen-bond donors (Lipinski definition) is 10. The van der Waals surface area contributed by atoms with Gasteiger partial charge in [0.1, 0.15) is 12.2 Å². The van der Waals surface area contributed by atoms with Crippen molar-refractivity contribution in [2.45, 2.75) is 24.4 Å². The lowest BCUT2D eigenvalue weighted by atomic mass is 9.98. The number of nitrogen functional groups attached to an aromatic ring is 2. The summed E-state index contributed by atoms with van der Waals surface area (Å²) in [6.45, 7) is -3.53. The number of carbonyl (C=O) groups excluding carboxylic acids is 2. The van der Waals surface area contributed by atoms with Gasteiger partial charge in [-0.25, -0.2) is 0 Å². The molecule has 258 valence electrons. The Balaban J connectivity index is 2.88. The Morgan fingerprint density at radius 2 is 0.848 bits per heavy atom. The molecule has 0 fully saturated rings. The summed E-state index contributed by atoms with van der Waals surface area (Å²) in [6.07, 6.45) is -6.03. The molecule has 0 radical (unpaired) electrons. The number of nitrogens with zero attached hydrogens (tertiary/aromatic N) is 2. The highest BCUT2D eigenvalue weighted by Crippen LogP contribution is 2.46. The normalized spacial score (nSPS) is 14.1. The van der Waals surface area contributed by atoms with E-state index >= 15 is 0 Å². The molecule has 0 heterocycles. The maximum absolute atomic E-state index is 14.0. The summed E-state index contributed by atoms with van der Waals surface area (Å²) in [5.74, 6) is -1.22. The van der Waals surface area contributed by atoms with Gasteiger partial charge in [-0.1, -0.05) is 0 Å². The van der Waals surface area contributed by atoms with Crippen molar-refractivity contribution in [3.8, 4) is 11.1 Å². The predicted molar refractivity (Wildman–Crippen MR) is 221 cm³/mol. The molecule has 4 unspecified atom stereocenters. The van der Waals surface area contributed by atoms with Gasteiger partial charge in [-0.3, -0.25) is 9.59 Å². The molecule has 46 heavy (non-hydrogen) atoms. The Morgan fingerprint density at radius 3 is 1.11 bits per heavy atom. The Hall–Kier alpha value is 1.04. The lowest BCUT2D eigenvalue weighted by Crippen LogP contribution is -2.45. The lowest BCUT2D eigenvalue weighted by Gasteiger charge is -2.29. The van der Waals surface area contributed by atoms with Crippen molar-refractivity contribution in [1.29, 1.82) is 0 Å². The van der Waals surface area contributed by atoms with Crippen LogP contribution in [0.15, 0.2) is 0 Å². The highest BCUT2D eigenvalue weighted by Gasteiger charge is 2.34. The molecule has 0 spiro atoms. The Labute approximate surface area is 346 Å². The van der Waals surface area contributed by atoms with E-state index in [9.17, 15) is 50.4 Å². The first-order chi connectivity index (χ1) is 21.5. The second-order valence-corrected chi connectivity index (χ2v) is 16.3. The standard InChI is InChI=1S/C26H32I6N4O10/c27-17-13(19(29)23(33)21(31)15(17)25(45)35(1-3-37)5-9(41)11(43)7-39)14-18(28)16(22(32)24(34)20(14)30)26(46)36(2-4-38)6-10(42)12(44)8-40/h9-12,37-44H,1-8,33-34H2. The topological polar surface area (TPSA) is 254 Å². The van der Waals surface area contributed by atoms with E-state index in [0.29, 0.717) is 32.5 Å². The highest BCUT2D eigenvalue weighted by molar-refractivity contribution is 14.1. The van der Waals surface area contributed by atoms with Crippen molar-refractivity contribution in [2.24, 2.45) is 0 Å². The first-order valence-corrected chi connectivity index (χ1v) is 19.7. The zero-order valence-corrected chi connectivity index (χ0v) is 36.6. The summed E-state index contributed by atoms with van der Waals surface area (Å²) in [5, 5.41) is 78.4. The molecule has 0 aliphatic carbocycles. The van der Waals surface area contributed by atoms with Gasteiger partial charge >= 0.3 is 0 Å². The van der Waals surface area contributed by atoms with Crippen molar-refractivity contribution >= 4 is 159 Å². The zero-order valence-electron chi connectivity index (χ0n) is 23.7. The first-order valence-electron chi connectivity index (χ1n) is 13.2. The van der Waals surface area contributed by atoms with E-state index < -0.39 is 75.7 Å². The highest BCUT2D eigenvalue weighted by atomic mass is 127. The minimum absolute atomic E-state index is 0.146. The number of aliphatic hydroxyl groups is 8. The van der Waals surface area contributed by atoms with Gasteiger partial charge in [0.15, 0.2) is 0 Å². The molecule has 2 amide bonds. The van der Waals surface area contributed by atoms with Crippen molar-refractivity contribution in [2.75, 3.05) is 64.1 Å². The number of hydrogen-bond acceptors (Lipinski definition) is 12. The summed E-state index contributed by atoms with van der Waals surface area (Å²) in [4.78, 5) is 30.3. The van der Waals surface area contributed by atoms with Gasteiger partial charge in [0.25, 0.3) is 11.8 Å². The van der Waals surface area contributed by atoms with Crippen LogP contribution in [0.3, 0.4) is 0 Å². The van der Waals surface area contributed by atoms with Crippen molar-refractivity contribution < 1.29 is 50.4 Å². The van der Waals surface area contributed by atoms with E-state index in [2.05, 4.69) is 0 Å². The molecule has 4 atom stereocenters. The van der Waals surface area contributed by atoms with Crippen LogP contribution in [-0.2, 0) is 0 Å². The van der Waals surface area contributed by atoms with Crippen LogP contribution in [0, 0.1) is 21.4 Å². The van der Waals surface area contributed by atoms with E-state index in [1.54, 1.807) is 0 Å². The molecule has 12 N–H and O–H groups in total. The van der Waals surface area contributed by atoms with Crippen LogP contribution in [0.25, 0.3) is 11.1 Å². The predicted octanol–water partition coefficient (Wildman–Crippen LogP) is 0.443. The fourth-order valence-corrected chi connectivity index (χ4v) is 12.6. The van der Waals surface area contributed by atoms with Crippen LogP contribution in [0.1, 0.15) is 20.7 Å². The summed E-state index contributed by atoms with van der Waals surface area (Å²) < 4.78 is 2.74. The summed E-state index contributed by atoms with van der Waals surface area (Å²) in [7, 11) is 0. The van der Waals surface area contributed by atoms with Crippen LogP contribution in [0.5, 0.6) is 0 Å². The first kappa shape index (κ1) is 43.2. The lowest BCUT2D eigenvalue weighted by molar-refractivity contribution is -0.0280. The van der Waals surface area contributed by atoms with Crippen LogP contribution in [0.4, 0.5) is 11.4 Å². The number of benzene rings is 2. The maximum Gasteiger partial charge on any atom is 0.256 e. The maximum atomic E-state index is 14.0. The fraction of sp³-hybridized carbons (Fsp3) is 0.462. The van der Waals surface area contributed by atoms with Crippen LogP contribution >= 0.6 is 136 Å². The minimum atomic E-state index is -1.52. The smallest absolute Gasteiger partial charge is 0.256 e. The average molecular weight is 1320 g/mol. The third kappa shape index (κ3) is 9.67. The molecule has 2 aromatic carbocycles. The number of rotatable bonds is 15. The van der Waals surface area contributed by atoms with E-state index in [0.717, 1.165) is 9.80 Å². The van der Waals surface area contributed by atoms with E-state index in [1.807, 2.05) is 136 Å². The Bertz CT molecular complexity index is 1330. The molecular weight excluding hydrogens is 1290 g/mol. The van der Waals surface area contributed by atoms with Crippen LogP contribution in [0.2, 0.25) is 0 Å². The molecule has 2 aromatic rings. The molecule has 0 aliphatic heterocycles. The molecule has 0 bridgehead atoms. The molecule has 0 saturated carbocycles. The van der Waals surface area contributed by atoms with E-state index in [1.165, 1.54) is 0 Å². The van der Waals surface area contributed by atoms with Gasteiger partial charge in [-0.15, -0.1) is 0 Å². The van der Waals surface area contributed by atoms with E-state index in [4.69, 9.17) is 11.5 Å². The number of carbonyl (C=O) groups is 2. The molecule has 20 heteroatoms. The largest absolute Gasteiger partial charge is 0.397 e. The van der Waals surface area contributed by atoms with Gasteiger partial charge in [-0.2, -0.15) is 0 Å². The third-order valence-electron chi connectivity index (χ3n) is 6.77. The summed E-state index contributed by atoms with van der Waals surface area (Å²) in [6, 6.07) is 0. The number of amides is 2. The molecule has 0 aliphatic rings. The molecule has 0 aromatic heterocycles. The van der Waals surface area contributed by atoms with Gasteiger partial charge < -0.3 is 62.1 Å². The minimum Gasteiger partial charge on any atom is -0.397 e.